The lowest BCUT2D eigenvalue weighted by atomic mass is 10.0. The van der Waals surface area contributed by atoms with Gasteiger partial charge in [-0.2, -0.15) is 0 Å². The molecule has 1 atom stereocenters. The lowest BCUT2D eigenvalue weighted by Gasteiger charge is -2.23. The minimum absolute atomic E-state index is 0.231. The highest BCUT2D eigenvalue weighted by atomic mass is 35.5. The summed E-state index contributed by atoms with van der Waals surface area (Å²) in [6, 6.07) is 1.86. The van der Waals surface area contributed by atoms with Gasteiger partial charge >= 0.3 is 0 Å². The van der Waals surface area contributed by atoms with Gasteiger partial charge in [-0.15, -0.1) is 0 Å². The first-order chi connectivity index (χ1) is 13.8. The van der Waals surface area contributed by atoms with Crippen molar-refractivity contribution >= 4 is 40.4 Å². The second-order valence-corrected chi connectivity index (χ2v) is 7.70. The van der Waals surface area contributed by atoms with Gasteiger partial charge in [-0.1, -0.05) is 29.8 Å². The lowest BCUT2D eigenvalue weighted by molar-refractivity contribution is 0.344. The van der Waals surface area contributed by atoms with E-state index in [-0.39, 0.29) is 11.8 Å². The summed E-state index contributed by atoms with van der Waals surface area (Å²) in [4.78, 5) is 6.84. The Morgan fingerprint density at radius 2 is 1.97 bits per heavy atom. The maximum atomic E-state index is 8.30. The summed E-state index contributed by atoms with van der Waals surface area (Å²) in [7, 11) is 3.04. The smallest absolute Gasteiger partial charge is 0.151 e. The summed E-state index contributed by atoms with van der Waals surface area (Å²) >= 11 is 13.0. The number of nitrogens with one attached hydrogen (secondary N) is 2. The van der Waals surface area contributed by atoms with E-state index in [0.717, 1.165) is 26.1 Å². The third-order valence-corrected chi connectivity index (χ3v) is 5.72. The second kappa shape index (κ2) is 9.17. The van der Waals surface area contributed by atoms with E-state index >= 15 is 0 Å². The van der Waals surface area contributed by atoms with Crippen LogP contribution in [0, 0.1) is 5.41 Å². The third kappa shape index (κ3) is 4.59. The zero-order valence-corrected chi connectivity index (χ0v) is 18.0. The molecule has 0 aliphatic carbocycles. The first-order valence-electron chi connectivity index (χ1n) is 9.25. The van der Waals surface area contributed by atoms with E-state index in [1.807, 2.05) is 0 Å². The number of rotatable bonds is 6. The van der Waals surface area contributed by atoms with Gasteiger partial charge in [0.05, 0.1) is 36.5 Å². The van der Waals surface area contributed by atoms with Crippen molar-refractivity contribution in [2.75, 3.05) is 40.4 Å². The molecule has 0 radical (unpaired) electrons. The van der Waals surface area contributed by atoms with Crippen molar-refractivity contribution in [3.8, 4) is 11.5 Å². The Bertz CT molecular complexity index is 869. The van der Waals surface area contributed by atoms with E-state index in [2.05, 4.69) is 21.8 Å². The zero-order valence-electron chi connectivity index (χ0n) is 16.5. The van der Waals surface area contributed by atoms with Crippen molar-refractivity contribution in [3.63, 3.8) is 0 Å². The Morgan fingerprint density at radius 1 is 1.31 bits per heavy atom. The molecule has 0 amide bonds. The second-order valence-electron chi connectivity index (χ2n) is 6.95. The van der Waals surface area contributed by atoms with Crippen LogP contribution >= 0.6 is 23.2 Å². The molecule has 1 fully saturated rings. The molecule has 0 spiro atoms. The van der Waals surface area contributed by atoms with Crippen LogP contribution < -0.4 is 20.5 Å². The number of allylic oxidation sites excluding steroid dienone is 1. The number of aliphatic imine (C=N–C) groups is 1. The normalized spacial score (nSPS) is 21.3. The minimum Gasteiger partial charge on any atom is -0.495 e. The molecule has 156 valence electrons. The van der Waals surface area contributed by atoms with Crippen molar-refractivity contribution < 1.29 is 9.47 Å². The summed E-state index contributed by atoms with van der Waals surface area (Å²) < 4.78 is 10.7. The van der Waals surface area contributed by atoms with Gasteiger partial charge in [-0.25, -0.2) is 0 Å². The van der Waals surface area contributed by atoms with Gasteiger partial charge in [0.1, 0.15) is 17.2 Å². The van der Waals surface area contributed by atoms with Crippen molar-refractivity contribution in [3.05, 3.63) is 39.9 Å². The molecule has 9 heteroatoms. The number of hydrogen-bond acceptors (Lipinski definition) is 6. The van der Waals surface area contributed by atoms with Crippen molar-refractivity contribution in [1.82, 2.24) is 10.2 Å². The lowest BCUT2D eigenvalue weighted by Crippen LogP contribution is -2.35. The molecule has 0 bridgehead atoms. The number of amidine groups is 1. The van der Waals surface area contributed by atoms with Gasteiger partial charge in [0.2, 0.25) is 0 Å². The average Bonchev–Trinajstić information content (AvgIpc) is 3.11. The van der Waals surface area contributed by atoms with E-state index in [4.69, 9.17) is 43.8 Å². The van der Waals surface area contributed by atoms with E-state index in [1.165, 1.54) is 14.2 Å². The predicted molar refractivity (Wildman–Crippen MR) is 119 cm³/mol. The molecule has 4 N–H and O–H groups in total. The molecule has 0 saturated carbocycles. The van der Waals surface area contributed by atoms with Gasteiger partial charge in [-0.3, -0.25) is 15.3 Å². The van der Waals surface area contributed by atoms with Gasteiger partial charge < -0.3 is 20.5 Å². The molecule has 1 saturated heterocycles. The maximum Gasteiger partial charge on any atom is 0.151 e. The van der Waals surface area contributed by atoms with Crippen LogP contribution in [0.3, 0.4) is 0 Å². The summed E-state index contributed by atoms with van der Waals surface area (Å²) in [6.45, 7) is 7.14. The number of benzene rings is 1. The summed E-state index contributed by atoms with van der Waals surface area (Å²) in [5.41, 5.74) is 7.78. The molecule has 1 unspecified atom stereocenters. The first-order valence-corrected chi connectivity index (χ1v) is 10.0. The fourth-order valence-electron chi connectivity index (χ4n) is 3.37. The molecule has 3 rings (SSSR count). The fourth-order valence-corrected chi connectivity index (χ4v) is 4.07. The highest BCUT2D eigenvalue weighted by Crippen LogP contribution is 2.43. The Hall–Kier alpha value is -2.06. The highest BCUT2D eigenvalue weighted by molar-refractivity contribution is 6.50. The molecule has 2 aliphatic heterocycles. The number of nitrogens with zero attached hydrogens (tertiary/aromatic N) is 2. The van der Waals surface area contributed by atoms with Crippen molar-refractivity contribution in [1.29, 1.82) is 5.41 Å². The summed E-state index contributed by atoms with van der Waals surface area (Å²) in [6.07, 6.45) is 2.72. The van der Waals surface area contributed by atoms with Crippen LogP contribution in [0.5, 0.6) is 11.5 Å². The number of likely N-dealkylation sites (tertiary alicyclic amines) is 1. The SMILES string of the molecule is C=C1C=C(c2c(Cl)c(OC)cc(OC)c2Cl)NC(=NCCN2CCC(N)C2)C1=N. The standard InChI is InChI=1S/C20H25Cl2N5O2/c1-11-8-13(16-17(21)14(28-2)9-15(29-3)18(16)22)26-20(19(11)24)25-5-7-27-6-4-12(23)10-27/h8-9,12,24H,1,4-7,10,23H2,2-3H3,(H,25,26). The van der Waals surface area contributed by atoms with Crippen LogP contribution in [0.2, 0.25) is 10.0 Å². The molecule has 0 aromatic heterocycles. The molecule has 1 aromatic carbocycles. The Kier molecular flexibility index (Phi) is 6.85. The Morgan fingerprint density at radius 3 is 2.52 bits per heavy atom. The topological polar surface area (TPSA) is 96.0 Å². The van der Waals surface area contributed by atoms with Gasteiger partial charge in [-0.05, 0) is 24.6 Å². The van der Waals surface area contributed by atoms with Crippen LogP contribution in [0.1, 0.15) is 12.0 Å². The van der Waals surface area contributed by atoms with Gasteiger partial charge in [0.25, 0.3) is 0 Å². The number of halogens is 2. The number of nitrogens with two attached hydrogens (primary N) is 1. The third-order valence-electron chi connectivity index (χ3n) is 4.97. The van der Waals surface area contributed by atoms with E-state index in [0.29, 0.717) is 50.8 Å². The van der Waals surface area contributed by atoms with Crippen molar-refractivity contribution in [2.24, 2.45) is 10.7 Å². The zero-order chi connectivity index (χ0) is 21.1. The van der Waals surface area contributed by atoms with Crippen LogP contribution in [0.15, 0.2) is 29.3 Å². The van der Waals surface area contributed by atoms with Crippen LogP contribution in [-0.4, -0.2) is 62.9 Å². The fraction of sp³-hybridized carbons (Fsp3) is 0.400. The average molecular weight is 438 g/mol. The van der Waals surface area contributed by atoms with E-state index in [1.54, 1.807) is 12.1 Å². The quantitative estimate of drug-likeness (QED) is 0.635. The van der Waals surface area contributed by atoms with E-state index < -0.39 is 0 Å². The molecule has 2 heterocycles. The predicted octanol–water partition coefficient (Wildman–Crippen LogP) is 2.96. The summed E-state index contributed by atoms with van der Waals surface area (Å²) in [5.74, 6) is 1.28. The number of ether oxygens (including phenoxy) is 2. The molecule has 7 nitrogen and oxygen atoms in total. The van der Waals surface area contributed by atoms with Gasteiger partial charge in [0, 0.05) is 30.8 Å². The maximum absolute atomic E-state index is 8.30. The first kappa shape index (κ1) is 21.6. The molecular weight excluding hydrogens is 413 g/mol. The monoisotopic (exact) mass is 437 g/mol. The summed E-state index contributed by atoms with van der Waals surface area (Å²) in [5, 5.41) is 12.1. The molecular formula is C20H25Cl2N5O2. The minimum atomic E-state index is 0.231. The number of hydrogen-bond donors (Lipinski definition) is 3. The Balaban J connectivity index is 1.87. The van der Waals surface area contributed by atoms with Crippen LogP contribution in [0.25, 0.3) is 5.70 Å². The molecule has 29 heavy (non-hydrogen) atoms. The molecule has 2 aliphatic rings. The molecule has 1 aromatic rings. The van der Waals surface area contributed by atoms with Crippen LogP contribution in [-0.2, 0) is 0 Å². The van der Waals surface area contributed by atoms with Crippen LogP contribution in [0.4, 0.5) is 0 Å². The highest BCUT2D eigenvalue weighted by Gasteiger charge is 2.26. The van der Waals surface area contributed by atoms with E-state index in [9.17, 15) is 0 Å². The van der Waals surface area contributed by atoms with Crippen molar-refractivity contribution in [2.45, 2.75) is 12.5 Å². The number of methoxy groups -OCH3 is 2. The largest absolute Gasteiger partial charge is 0.495 e. The Labute approximate surface area is 180 Å². The van der Waals surface area contributed by atoms with Gasteiger partial charge in [0.15, 0.2) is 5.84 Å².